The fourth-order valence-electron chi connectivity index (χ4n) is 3.93. The molecule has 1 atom stereocenters. The summed E-state index contributed by atoms with van der Waals surface area (Å²) in [7, 11) is 1.56. The Hall–Kier alpha value is -4.13. The van der Waals surface area contributed by atoms with Crippen LogP contribution in [0.1, 0.15) is 41.6 Å². The maximum atomic E-state index is 12.6. The van der Waals surface area contributed by atoms with Crippen LogP contribution < -0.4 is 20.4 Å². The first kappa shape index (κ1) is 24.0. The van der Waals surface area contributed by atoms with Gasteiger partial charge in [0.2, 0.25) is 5.91 Å². The summed E-state index contributed by atoms with van der Waals surface area (Å²) >= 11 is 0. The lowest BCUT2D eigenvalue weighted by Crippen LogP contribution is -2.27. The lowest BCUT2D eigenvalue weighted by molar-refractivity contribution is -0.121. The predicted molar refractivity (Wildman–Crippen MR) is 134 cm³/mol. The second-order valence-electron chi connectivity index (χ2n) is 8.36. The molecule has 7 nitrogen and oxygen atoms in total. The molecule has 1 amide bonds. The van der Waals surface area contributed by atoms with Gasteiger partial charge in [0.05, 0.1) is 13.2 Å². The number of nitrogens with one attached hydrogen (secondary N) is 1. The first-order chi connectivity index (χ1) is 16.9. The van der Waals surface area contributed by atoms with Crippen LogP contribution >= 0.6 is 0 Å². The van der Waals surface area contributed by atoms with Gasteiger partial charge < -0.3 is 19.2 Å². The highest BCUT2D eigenvalue weighted by atomic mass is 16.5. The van der Waals surface area contributed by atoms with Gasteiger partial charge in [-0.25, -0.2) is 4.79 Å². The van der Waals surface area contributed by atoms with Gasteiger partial charge >= 0.3 is 5.63 Å². The van der Waals surface area contributed by atoms with Crippen molar-refractivity contribution in [2.24, 2.45) is 0 Å². The zero-order chi connectivity index (χ0) is 24.8. The van der Waals surface area contributed by atoms with Gasteiger partial charge in [-0.2, -0.15) is 0 Å². The second-order valence-corrected chi connectivity index (χ2v) is 8.36. The van der Waals surface area contributed by atoms with E-state index in [1.165, 1.54) is 0 Å². The number of carbonyl (C=O) groups excluding carboxylic acids is 1. The lowest BCUT2D eigenvalue weighted by Gasteiger charge is -2.15. The van der Waals surface area contributed by atoms with Gasteiger partial charge in [0.25, 0.3) is 0 Å². The van der Waals surface area contributed by atoms with E-state index in [1.807, 2.05) is 62.4 Å². The highest BCUT2D eigenvalue weighted by Crippen LogP contribution is 2.24. The molecule has 35 heavy (non-hydrogen) atoms. The molecule has 0 saturated heterocycles. The van der Waals surface area contributed by atoms with Crippen LogP contribution in [0.25, 0.3) is 11.0 Å². The summed E-state index contributed by atoms with van der Waals surface area (Å²) in [6.45, 7) is 4.24. The molecule has 2 aromatic carbocycles. The number of fused-ring (bicyclic) bond motifs is 1. The number of pyridine rings is 1. The standard InChI is InChI=1S/C28H28N2O5/c1-18-24-11-10-23(33-3)15-26(24)35-28(32)25(18)12-13-27(31)30-19(2)21-6-8-22(9-7-21)34-17-20-5-4-14-29-16-20/h4-11,14-16,19H,12-13,17H2,1-3H3,(H,30,31). The Morgan fingerprint density at radius 3 is 2.60 bits per heavy atom. The van der Waals surface area contributed by atoms with Crippen LogP contribution in [0.3, 0.4) is 0 Å². The molecule has 0 fully saturated rings. The molecule has 2 heterocycles. The number of amides is 1. The van der Waals surface area contributed by atoms with Crippen LogP contribution in [-0.4, -0.2) is 18.0 Å². The fourth-order valence-corrected chi connectivity index (χ4v) is 3.93. The molecular weight excluding hydrogens is 444 g/mol. The van der Waals surface area contributed by atoms with Crippen molar-refractivity contribution in [2.45, 2.75) is 39.3 Å². The highest BCUT2D eigenvalue weighted by Gasteiger charge is 2.15. The highest BCUT2D eigenvalue weighted by molar-refractivity contribution is 5.82. The minimum Gasteiger partial charge on any atom is -0.497 e. The number of carbonyl (C=O) groups is 1. The third-order valence-electron chi connectivity index (χ3n) is 5.98. The third kappa shape index (κ3) is 5.87. The summed E-state index contributed by atoms with van der Waals surface area (Å²) in [5.74, 6) is 1.23. The maximum Gasteiger partial charge on any atom is 0.339 e. The third-order valence-corrected chi connectivity index (χ3v) is 5.98. The maximum absolute atomic E-state index is 12.6. The Labute approximate surface area is 203 Å². The number of nitrogens with zero attached hydrogens (tertiary/aromatic N) is 1. The molecule has 1 N–H and O–H groups in total. The number of aromatic nitrogens is 1. The molecule has 0 aliphatic rings. The number of hydrogen-bond donors (Lipinski definition) is 1. The number of rotatable bonds is 9. The van der Waals surface area contributed by atoms with Gasteiger partial charge in [-0.3, -0.25) is 9.78 Å². The molecule has 0 spiro atoms. The molecule has 1 unspecified atom stereocenters. The van der Waals surface area contributed by atoms with Crippen molar-refractivity contribution in [1.82, 2.24) is 10.3 Å². The van der Waals surface area contributed by atoms with E-state index in [1.54, 1.807) is 25.6 Å². The Morgan fingerprint density at radius 1 is 1.11 bits per heavy atom. The van der Waals surface area contributed by atoms with Gasteiger partial charge in [-0.15, -0.1) is 0 Å². The Morgan fingerprint density at radius 2 is 1.89 bits per heavy atom. The van der Waals surface area contributed by atoms with Crippen molar-refractivity contribution in [2.75, 3.05) is 7.11 Å². The summed E-state index contributed by atoms with van der Waals surface area (Å²) in [6.07, 6.45) is 3.98. The van der Waals surface area contributed by atoms with Crippen molar-refractivity contribution < 1.29 is 18.7 Å². The van der Waals surface area contributed by atoms with E-state index in [9.17, 15) is 9.59 Å². The summed E-state index contributed by atoms with van der Waals surface area (Å²) in [6, 6.07) is 16.6. The zero-order valence-corrected chi connectivity index (χ0v) is 20.0. The number of benzene rings is 2. The summed E-state index contributed by atoms with van der Waals surface area (Å²) in [4.78, 5) is 29.2. The topological polar surface area (TPSA) is 90.7 Å². The first-order valence-electron chi connectivity index (χ1n) is 11.5. The molecule has 7 heteroatoms. The molecule has 0 aliphatic carbocycles. The van der Waals surface area contributed by atoms with E-state index in [-0.39, 0.29) is 18.4 Å². The van der Waals surface area contributed by atoms with Gasteiger partial charge in [0, 0.05) is 41.4 Å². The lowest BCUT2D eigenvalue weighted by atomic mass is 10.0. The fraction of sp³-hybridized carbons (Fsp3) is 0.250. The Kier molecular flexibility index (Phi) is 7.45. The minimum atomic E-state index is -0.425. The predicted octanol–water partition coefficient (Wildman–Crippen LogP) is 4.89. The monoisotopic (exact) mass is 472 g/mol. The van der Waals surface area contributed by atoms with Crippen molar-refractivity contribution in [3.63, 3.8) is 0 Å². The van der Waals surface area contributed by atoms with E-state index in [0.717, 1.165) is 27.8 Å². The van der Waals surface area contributed by atoms with Gasteiger partial charge in [-0.1, -0.05) is 18.2 Å². The van der Waals surface area contributed by atoms with Crippen molar-refractivity contribution >= 4 is 16.9 Å². The first-order valence-corrected chi connectivity index (χ1v) is 11.5. The van der Waals surface area contributed by atoms with Crippen LogP contribution in [0.2, 0.25) is 0 Å². The smallest absolute Gasteiger partial charge is 0.339 e. The molecule has 2 aromatic heterocycles. The SMILES string of the molecule is COc1ccc2c(C)c(CCC(=O)NC(C)c3ccc(OCc4cccnc4)cc3)c(=O)oc2c1. The largest absolute Gasteiger partial charge is 0.497 e. The molecule has 4 rings (SSSR count). The van der Waals surface area contributed by atoms with E-state index in [2.05, 4.69) is 10.3 Å². The van der Waals surface area contributed by atoms with Gasteiger partial charge in [-0.05, 0) is 61.7 Å². The number of aryl methyl sites for hydroxylation is 1. The zero-order valence-electron chi connectivity index (χ0n) is 20.0. The van der Waals surface area contributed by atoms with E-state index < -0.39 is 5.63 Å². The van der Waals surface area contributed by atoms with Crippen molar-refractivity contribution in [3.8, 4) is 11.5 Å². The average Bonchev–Trinajstić information content (AvgIpc) is 2.87. The van der Waals surface area contributed by atoms with E-state index in [0.29, 0.717) is 29.9 Å². The summed E-state index contributed by atoms with van der Waals surface area (Å²) < 4.78 is 16.5. The Bertz CT molecular complexity index is 1360. The molecular formula is C28H28N2O5. The number of methoxy groups -OCH3 is 1. The molecule has 4 aromatic rings. The Balaban J connectivity index is 1.34. The quantitative estimate of drug-likeness (QED) is 0.349. The normalized spacial score (nSPS) is 11.7. The van der Waals surface area contributed by atoms with Crippen LogP contribution in [-0.2, 0) is 17.8 Å². The molecule has 0 saturated carbocycles. The molecule has 0 aliphatic heterocycles. The number of ether oxygens (including phenoxy) is 2. The number of hydrogen-bond acceptors (Lipinski definition) is 6. The van der Waals surface area contributed by atoms with Crippen molar-refractivity contribution in [3.05, 3.63) is 99.7 Å². The molecule has 0 radical (unpaired) electrons. The average molecular weight is 473 g/mol. The summed E-state index contributed by atoms with van der Waals surface area (Å²) in [5, 5.41) is 3.83. The van der Waals surface area contributed by atoms with Crippen LogP contribution in [0, 0.1) is 6.92 Å². The van der Waals surface area contributed by atoms with Crippen LogP contribution in [0.4, 0.5) is 0 Å². The van der Waals surface area contributed by atoms with Gasteiger partial charge in [0.15, 0.2) is 0 Å². The molecule has 180 valence electrons. The van der Waals surface area contributed by atoms with E-state index >= 15 is 0 Å². The van der Waals surface area contributed by atoms with Crippen LogP contribution in [0.15, 0.2) is 76.2 Å². The second kappa shape index (κ2) is 10.9. The van der Waals surface area contributed by atoms with Crippen LogP contribution in [0.5, 0.6) is 11.5 Å². The van der Waals surface area contributed by atoms with E-state index in [4.69, 9.17) is 13.9 Å². The van der Waals surface area contributed by atoms with Crippen molar-refractivity contribution in [1.29, 1.82) is 0 Å². The summed E-state index contributed by atoms with van der Waals surface area (Å²) in [5.41, 5.74) is 3.34. The van der Waals surface area contributed by atoms with Gasteiger partial charge in [0.1, 0.15) is 23.7 Å². The minimum absolute atomic E-state index is 0.136. The molecule has 0 bridgehead atoms.